The molecule has 0 spiro atoms. The van der Waals surface area contributed by atoms with Crippen molar-refractivity contribution in [3.8, 4) is 17.1 Å². The summed E-state index contributed by atoms with van der Waals surface area (Å²) in [6.45, 7) is 2.29. The molecular weight excluding hydrogens is 378 g/mol. The standard InChI is InChI=1S/C21H22ClN3O3/c1-3-24-20(16-8-10-17(22)11-9-16)23-25(21(24)27)14-18(26)12-7-15-5-4-6-19(13-15)28-2/h4-6,8-11,13H,3,7,12,14H2,1-2H3. The van der Waals surface area contributed by atoms with Gasteiger partial charge in [0.1, 0.15) is 12.3 Å². The Morgan fingerprint density at radius 2 is 1.93 bits per heavy atom. The summed E-state index contributed by atoms with van der Waals surface area (Å²) in [5.74, 6) is 1.24. The number of Topliss-reactive ketones (excluding diaryl/α,β-unsaturated/α-hetero) is 1. The summed E-state index contributed by atoms with van der Waals surface area (Å²) in [6, 6.07) is 14.7. The van der Waals surface area contributed by atoms with E-state index in [1.807, 2.05) is 43.3 Å². The molecule has 0 aliphatic rings. The number of methoxy groups -OCH3 is 1. The summed E-state index contributed by atoms with van der Waals surface area (Å²) in [5, 5.41) is 5.00. The van der Waals surface area contributed by atoms with Crippen LogP contribution in [-0.2, 0) is 24.3 Å². The van der Waals surface area contributed by atoms with Crippen molar-refractivity contribution >= 4 is 17.4 Å². The van der Waals surface area contributed by atoms with E-state index >= 15 is 0 Å². The van der Waals surface area contributed by atoms with Gasteiger partial charge in [0.2, 0.25) is 0 Å². The zero-order valence-corrected chi connectivity index (χ0v) is 16.6. The number of benzene rings is 2. The molecule has 0 atom stereocenters. The SMILES string of the molecule is CCn1c(-c2ccc(Cl)cc2)nn(CC(=O)CCc2cccc(OC)c2)c1=O. The first-order valence-electron chi connectivity index (χ1n) is 9.10. The quantitative estimate of drug-likeness (QED) is 0.580. The van der Waals surface area contributed by atoms with Crippen molar-refractivity contribution in [2.45, 2.75) is 32.9 Å². The van der Waals surface area contributed by atoms with Crippen LogP contribution in [0.4, 0.5) is 0 Å². The maximum atomic E-state index is 12.6. The van der Waals surface area contributed by atoms with E-state index in [1.54, 1.807) is 23.8 Å². The predicted molar refractivity (Wildman–Crippen MR) is 109 cm³/mol. The smallest absolute Gasteiger partial charge is 0.346 e. The van der Waals surface area contributed by atoms with Crippen LogP contribution in [0.1, 0.15) is 18.9 Å². The Kier molecular flexibility index (Phi) is 6.31. The Hall–Kier alpha value is -2.86. The van der Waals surface area contributed by atoms with E-state index in [0.29, 0.717) is 30.2 Å². The lowest BCUT2D eigenvalue weighted by Crippen LogP contribution is -2.27. The van der Waals surface area contributed by atoms with E-state index in [-0.39, 0.29) is 18.0 Å². The zero-order valence-electron chi connectivity index (χ0n) is 15.9. The van der Waals surface area contributed by atoms with Crippen molar-refractivity contribution in [2.24, 2.45) is 0 Å². The number of hydrogen-bond donors (Lipinski definition) is 0. The highest BCUT2D eigenvalue weighted by Crippen LogP contribution is 2.19. The van der Waals surface area contributed by atoms with Crippen LogP contribution in [0, 0.1) is 0 Å². The van der Waals surface area contributed by atoms with Crippen molar-refractivity contribution in [1.29, 1.82) is 0 Å². The van der Waals surface area contributed by atoms with Gasteiger partial charge >= 0.3 is 5.69 Å². The van der Waals surface area contributed by atoms with Gasteiger partial charge in [0.05, 0.1) is 7.11 Å². The second-order valence-corrected chi connectivity index (χ2v) is 6.84. The largest absolute Gasteiger partial charge is 0.497 e. The number of ether oxygens (including phenoxy) is 1. The highest BCUT2D eigenvalue weighted by molar-refractivity contribution is 6.30. The fraction of sp³-hybridized carbons (Fsp3) is 0.286. The molecule has 0 bridgehead atoms. The number of aromatic nitrogens is 3. The lowest BCUT2D eigenvalue weighted by Gasteiger charge is -2.04. The van der Waals surface area contributed by atoms with Crippen LogP contribution >= 0.6 is 11.6 Å². The minimum absolute atomic E-state index is 0.0452. The number of aryl methyl sites for hydroxylation is 1. The van der Waals surface area contributed by atoms with Crippen molar-refractivity contribution in [3.05, 3.63) is 69.6 Å². The first-order chi connectivity index (χ1) is 13.5. The first-order valence-corrected chi connectivity index (χ1v) is 9.47. The van der Waals surface area contributed by atoms with Crippen LogP contribution in [0.3, 0.4) is 0 Å². The average molecular weight is 400 g/mol. The third-order valence-corrected chi connectivity index (χ3v) is 4.75. The molecule has 3 rings (SSSR count). The third kappa shape index (κ3) is 4.51. The van der Waals surface area contributed by atoms with E-state index < -0.39 is 0 Å². The van der Waals surface area contributed by atoms with Gasteiger partial charge in [-0.2, -0.15) is 0 Å². The van der Waals surface area contributed by atoms with Crippen LogP contribution in [-0.4, -0.2) is 27.2 Å². The predicted octanol–water partition coefficient (Wildman–Crippen LogP) is 3.60. The molecule has 0 aliphatic carbocycles. The van der Waals surface area contributed by atoms with Gasteiger partial charge in [-0.25, -0.2) is 9.48 Å². The van der Waals surface area contributed by atoms with E-state index in [9.17, 15) is 9.59 Å². The fourth-order valence-corrected chi connectivity index (χ4v) is 3.13. The summed E-state index contributed by atoms with van der Waals surface area (Å²) in [4.78, 5) is 25.0. The van der Waals surface area contributed by atoms with E-state index in [1.165, 1.54) is 4.68 Å². The molecule has 0 saturated heterocycles. The Labute approximate surface area is 168 Å². The summed E-state index contributed by atoms with van der Waals surface area (Å²) in [6.07, 6.45) is 0.915. The Bertz CT molecular complexity index is 1020. The van der Waals surface area contributed by atoms with Crippen molar-refractivity contribution < 1.29 is 9.53 Å². The molecular formula is C21H22ClN3O3. The van der Waals surface area contributed by atoms with Crippen molar-refractivity contribution in [2.75, 3.05) is 7.11 Å². The molecule has 0 aliphatic heterocycles. The molecule has 6 nitrogen and oxygen atoms in total. The molecule has 1 heterocycles. The number of ketones is 1. The average Bonchev–Trinajstić information content (AvgIpc) is 3.02. The molecule has 1 aromatic heterocycles. The second kappa shape index (κ2) is 8.89. The monoisotopic (exact) mass is 399 g/mol. The van der Waals surface area contributed by atoms with Gasteiger partial charge in [-0.1, -0.05) is 23.7 Å². The van der Waals surface area contributed by atoms with Gasteiger partial charge in [0, 0.05) is 23.6 Å². The highest BCUT2D eigenvalue weighted by Gasteiger charge is 2.16. The van der Waals surface area contributed by atoms with Crippen LogP contribution in [0.25, 0.3) is 11.4 Å². The van der Waals surface area contributed by atoms with Gasteiger partial charge < -0.3 is 4.74 Å². The van der Waals surface area contributed by atoms with Crippen LogP contribution < -0.4 is 10.4 Å². The van der Waals surface area contributed by atoms with Crippen LogP contribution in [0.5, 0.6) is 5.75 Å². The number of hydrogen-bond acceptors (Lipinski definition) is 4. The van der Waals surface area contributed by atoms with Crippen LogP contribution in [0.15, 0.2) is 53.3 Å². The molecule has 146 valence electrons. The normalized spacial score (nSPS) is 10.8. The molecule has 3 aromatic rings. The summed E-state index contributed by atoms with van der Waals surface area (Å²) in [5.41, 5.74) is 1.51. The Morgan fingerprint density at radius 1 is 1.18 bits per heavy atom. The second-order valence-electron chi connectivity index (χ2n) is 6.41. The Morgan fingerprint density at radius 3 is 2.61 bits per heavy atom. The van der Waals surface area contributed by atoms with Crippen molar-refractivity contribution in [3.63, 3.8) is 0 Å². The van der Waals surface area contributed by atoms with Gasteiger partial charge in [-0.05, 0) is 55.3 Å². The molecule has 0 amide bonds. The molecule has 28 heavy (non-hydrogen) atoms. The number of carbonyl (C=O) groups is 1. The van der Waals surface area contributed by atoms with E-state index in [0.717, 1.165) is 16.9 Å². The first kappa shape index (κ1) is 19.9. The van der Waals surface area contributed by atoms with Gasteiger partial charge in [-0.15, -0.1) is 5.10 Å². The maximum absolute atomic E-state index is 12.6. The number of rotatable bonds is 8. The van der Waals surface area contributed by atoms with E-state index in [4.69, 9.17) is 16.3 Å². The van der Waals surface area contributed by atoms with Gasteiger partial charge in [0.15, 0.2) is 11.6 Å². The maximum Gasteiger partial charge on any atom is 0.346 e. The minimum atomic E-state index is -0.290. The topological polar surface area (TPSA) is 66.1 Å². The van der Waals surface area contributed by atoms with Crippen LogP contribution in [0.2, 0.25) is 5.02 Å². The minimum Gasteiger partial charge on any atom is -0.497 e. The van der Waals surface area contributed by atoms with Gasteiger partial charge in [-0.3, -0.25) is 9.36 Å². The number of carbonyl (C=O) groups excluding carboxylic acids is 1. The summed E-state index contributed by atoms with van der Waals surface area (Å²) < 4.78 is 7.99. The lowest BCUT2D eigenvalue weighted by molar-refractivity contribution is -0.119. The van der Waals surface area contributed by atoms with E-state index in [2.05, 4.69) is 5.10 Å². The third-order valence-electron chi connectivity index (χ3n) is 4.49. The summed E-state index contributed by atoms with van der Waals surface area (Å²) >= 11 is 5.94. The number of nitrogens with zero attached hydrogens (tertiary/aromatic N) is 3. The van der Waals surface area contributed by atoms with Crippen molar-refractivity contribution in [1.82, 2.24) is 14.3 Å². The molecule has 0 radical (unpaired) electrons. The fourth-order valence-electron chi connectivity index (χ4n) is 3.00. The van der Waals surface area contributed by atoms with Gasteiger partial charge in [0.25, 0.3) is 0 Å². The molecule has 2 aromatic carbocycles. The molecule has 0 fully saturated rings. The Balaban J connectivity index is 1.73. The lowest BCUT2D eigenvalue weighted by atomic mass is 10.1. The molecule has 0 saturated carbocycles. The zero-order chi connectivity index (χ0) is 20.1. The molecule has 0 unspecified atom stereocenters. The highest BCUT2D eigenvalue weighted by atomic mass is 35.5. The number of halogens is 1. The molecule has 7 heteroatoms. The summed E-state index contributed by atoms with van der Waals surface area (Å²) in [7, 11) is 1.61. The molecule has 0 N–H and O–H groups in total.